The third-order valence-electron chi connectivity index (χ3n) is 6.46. The summed E-state index contributed by atoms with van der Waals surface area (Å²) in [5.41, 5.74) is 2.94. The van der Waals surface area contributed by atoms with Crippen LogP contribution in [-0.4, -0.2) is 71.2 Å². The number of nitrogens with zero attached hydrogens (tertiary/aromatic N) is 2. The number of pyridine rings is 1. The van der Waals surface area contributed by atoms with Crippen molar-refractivity contribution in [3.05, 3.63) is 58.2 Å². The lowest BCUT2D eigenvalue weighted by Gasteiger charge is -2.31. The first kappa shape index (κ1) is 24.4. The number of likely N-dealkylation sites (tertiary alicyclic amines) is 1. The zero-order chi connectivity index (χ0) is 24.1. The van der Waals surface area contributed by atoms with Gasteiger partial charge in [-0.05, 0) is 30.0 Å². The molecule has 1 aromatic heterocycles. The average Bonchev–Trinajstić information content (AvgIpc) is 3.26. The lowest BCUT2D eigenvalue weighted by atomic mass is 10.1. The van der Waals surface area contributed by atoms with Crippen molar-refractivity contribution >= 4 is 23.4 Å². The highest BCUT2D eigenvalue weighted by Crippen LogP contribution is 2.28. The van der Waals surface area contributed by atoms with Gasteiger partial charge < -0.3 is 25.4 Å². The third-order valence-corrected chi connectivity index (χ3v) is 6.82. The number of aliphatic hydroxyl groups excluding tert-OH is 1. The zero-order valence-corrected chi connectivity index (χ0v) is 20.1. The van der Waals surface area contributed by atoms with Crippen LogP contribution in [0.4, 0.5) is 0 Å². The fraction of sp³-hybridized carbons (Fsp3) is 0.480. The summed E-state index contributed by atoms with van der Waals surface area (Å²) in [6, 6.07) is 10.2. The minimum atomic E-state index is -0.726. The average molecular weight is 487 g/mol. The van der Waals surface area contributed by atoms with Crippen LogP contribution in [0.3, 0.4) is 0 Å². The van der Waals surface area contributed by atoms with Gasteiger partial charge in [0.15, 0.2) is 0 Å². The minimum absolute atomic E-state index is 0.0546. The molecule has 0 radical (unpaired) electrons. The molecule has 1 aliphatic carbocycles. The summed E-state index contributed by atoms with van der Waals surface area (Å²) in [5.74, 6) is -0.131. The Bertz CT molecular complexity index is 1000. The first-order valence-corrected chi connectivity index (χ1v) is 12.1. The normalized spacial score (nSPS) is 17.3. The van der Waals surface area contributed by atoms with Crippen LogP contribution in [0.2, 0.25) is 5.02 Å². The van der Waals surface area contributed by atoms with Crippen LogP contribution in [0, 0.1) is 0 Å². The van der Waals surface area contributed by atoms with Crippen LogP contribution in [0.1, 0.15) is 41.3 Å². The molecule has 0 unspecified atom stereocenters. The van der Waals surface area contributed by atoms with E-state index in [1.807, 2.05) is 12.1 Å². The molecule has 2 aliphatic rings. The van der Waals surface area contributed by atoms with Gasteiger partial charge in [-0.25, -0.2) is 4.98 Å². The summed E-state index contributed by atoms with van der Waals surface area (Å²) in [5, 5.41) is 16.6. The molecule has 1 saturated heterocycles. The number of aromatic nitrogens is 1. The zero-order valence-electron chi connectivity index (χ0n) is 19.3. The molecule has 4 rings (SSSR count). The van der Waals surface area contributed by atoms with E-state index in [1.54, 1.807) is 11.8 Å². The molecule has 0 spiro atoms. The summed E-state index contributed by atoms with van der Waals surface area (Å²) in [7, 11) is 0. The molecule has 1 fully saturated rings. The molecule has 3 N–H and O–H groups in total. The Hall–Kier alpha value is -2.68. The van der Waals surface area contributed by atoms with Crippen molar-refractivity contribution in [2.45, 2.75) is 50.9 Å². The van der Waals surface area contributed by atoms with Crippen molar-refractivity contribution in [3.63, 3.8) is 0 Å². The Morgan fingerprint density at radius 2 is 1.85 bits per heavy atom. The Morgan fingerprint density at radius 3 is 2.50 bits per heavy atom. The quantitative estimate of drug-likeness (QED) is 0.527. The number of ether oxygens (including phenoxy) is 1. The van der Waals surface area contributed by atoms with E-state index in [0.717, 1.165) is 12.8 Å². The number of nitrogens with one attached hydrogen (secondary N) is 2. The van der Waals surface area contributed by atoms with E-state index in [1.165, 1.54) is 23.4 Å². The molecule has 0 bridgehead atoms. The van der Waals surface area contributed by atoms with E-state index >= 15 is 0 Å². The van der Waals surface area contributed by atoms with Crippen LogP contribution in [0.5, 0.6) is 5.88 Å². The first-order valence-electron chi connectivity index (χ1n) is 11.7. The van der Waals surface area contributed by atoms with Crippen molar-refractivity contribution in [2.75, 3.05) is 26.2 Å². The maximum Gasteiger partial charge on any atom is 0.253 e. The second-order valence-electron chi connectivity index (χ2n) is 8.95. The number of fused-ring (bicyclic) bond motifs is 1. The first-order chi connectivity index (χ1) is 16.4. The Balaban J connectivity index is 1.23. The Labute approximate surface area is 204 Å². The van der Waals surface area contributed by atoms with Gasteiger partial charge in [-0.1, -0.05) is 35.9 Å². The maximum atomic E-state index is 12.7. The number of benzene rings is 1. The molecule has 0 saturated carbocycles. The van der Waals surface area contributed by atoms with Crippen molar-refractivity contribution in [2.24, 2.45) is 0 Å². The smallest absolute Gasteiger partial charge is 0.253 e. The van der Waals surface area contributed by atoms with Gasteiger partial charge in [-0.15, -0.1) is 0 Å². The monoisotopic (exact) mass is 486 g/mol. The number of hydrogen-bond acceptors (Lipinski definition) is 6. The highest BCUT2D eigenvalue weighted by atomic mass is 35.5. The molecule has 182 valence electrons. The highest BCUT2D eigenvalue weighted by Gasteiger charge is 2.25. The fourth-order valence-corrected chi connectivity index (χ4v) is 4.75. The summed E-state index contributed by atoms with van der Waals surface area (Å²) in [4.78, 5) is 30.1. The standard InChI is InChI=1S/C25H31ClN4O4/c1-16(31)30-10-7-21(8-11-30)34-25-23(26)22(6-9-27-25)24(33)29-15-20(32)14-28-19-12-17-4-2-3-5-18(17)13-19/h2-6,9,19-21,28,32H,7-8,10-15H2,1H3,(H,29,33)/t20-/m0/s1. The van der Waals surface area contributed by atoms with Crippen LogP contribution in [0.15, 0.2) is 36.5 Å². The molecule has 2 aromatic rings. The van der Waals surface area contributed by atoms with Crippen molar-refractivity contribution in [1.29, 1.82) is 0 Å². The Morgan fingerprint density at radius 1 is 1.18 bits per heavy atom. The van der Waals surface area contributed by atoms with Gasteiger partial charge in [0.25, 0.3) is 5.91 Å². The molecule has 9 heteroatoms. The summed E-state index contributed by atoms with van der Waals surface area (Å²) in [6.45, 7) is 3.29. The van der Waals surface area contributed by atoms with E-state index < -0.39 is 12.0 Å². The van der Waals surface area contributed by atoms with Gasteiger partial charge >= 0.3 is 0 Å². The number of hydrogen-bond donors (Lipinski definition) is 3. The largest absolute Gasteiger partial charge is 0.473 e. The van der Waals surface area contributed by atoms with E-state index in [4.69, 9.17) is 16.3 Å². The number of piperidine rings is 1. The van der Waals surface area contributed by atoms with E-state index in [0.29, 0.717) is 38.5 Å². The molecule has 2 amide bonds. The SMILES string of the molecule is CC(=O)N1CCC(Oc2nccc(C(=O)NC[C@@H](O)CNC3Cc4ccccc4C3)c2Cl)CC1. The number of carbonyl (C=O) groups excluding carboxylic acids is 2. The van der Waals surface area contributed by atoms with E-state index in [9.17, 15) is 14.7 Å². The molecule has 2 heterocycles. The molecular weight excluding hydrogens is 456 g/mol. The van der Waals surface area contributed by atoms with Crippen molar-refractivity contribution < 1.29 is 19.4 Å². The molecule has 1 atom stereocenters. The van der Waals surface area contributed by atoms with Crippen LogP contribution >= 0.6 is 11.6 Å². The van der Waals surface area contributed by atoms with Gasteiger partial charge in [0.05, 0.1) is 11.7 Å². The van der Waals surface area contributed by atoms with E-state index in [2.05, 4.69) is 27.8 Å². The summed E-state index contributed by atoms with van der Waals surface area (Å²) in [6.07, 6.45) is 3.88. The summed E-state index contributed by atoms with van der Waals surface area (Å²) < 4.78 is 5.93. The van der Waals surface area contributed by atoms with Gasteiger partial charge in [-0.3, -0.25) is 9.59 Å². The van der Waals surface area contributed by atoms with Gasteiger partial charge in [-0.2, -0.15) is 0 Å². The second-order valence-corrected chi connectivity index (χ2v) is 9.32. The fourth-order valence-electron chi connectivity index (χ4n) is 4.51. The third kappa shape index (κ3) is 6.05. The van der Waals surface area contributed by atoms with Gasteiger partial charge in [0.2, 0.25) is 11.8 Å². The molecule has 1 aromatic carbocycles. The molecular formula is C25H31ClN4O4. The maximum absolute atomic E-state index is 12.7. The predicted molar refractivity (Wildman–Crippen MR) is 129 cm³/mol. The minimum Gasteiger partial charge on any atom is -0.473 e. The number of carbonyl (C=O) groups is 2. The van der Waals surface area contributed by atoms with Crippen molar-refractivity contribution in [1.82, 2.24) is 20.5 Å². The van der Waals surface area contributed by atoms with Gasteiger partial charge in [0.1, 0.15) is 11.1 Å². The number of rotatable bonds is 8. The lowest BCUT2D eigenvalue weighted by molar-refractivity contribution is -0.130. The predicted octanol–water partition coefficient (Wildman–Crippen LogP) is 1.97. The second kappa shape index (κ2) is 11.2. The van der Waals surface area contributed by atoms with E-state index in [-0.39, 0.29) is 35.0 Å². The van der Waals surface area contributed by atoms with Crippen molar-refractivity contribution in [3.8, 4) is 5.88 Å². The van der Waals surface area contributed by atoms with Crippen LogP contribution in [-0.2, 0) is 17.6 Å². The summed E-state index contributed by atoms with van der Waals surface area (Å²) >= 11 is 6.42. The van der Waals surface area contributed by atoms with Gasteiger partial charge in [0, 0.05) is 58.2 Å². The molecule has 1 aliphatic heterocycles. The topological polar surface area (TPSA) is 104 Å². The highest BCUT2D eigenvalue weighted by molar-refractivity contribution is 6.35. The lowest BCUT2D eigenvalue weighted by Crippen LogP contribution is -2.42. The van der Waals surface area contributed by atoms with Crippen LogP contribution in [0.25, 0.3) is 0 Å². The molecule has 8 nitrogen and oxygen atoms in total. The number of aliphatic hydroxyl groups is 1. The van der Waals surface area contributed by atoms with Crippen LogP contribution < -0.4 is 15.4 Å². The molecule has 34 heavy (non-hydrogen) atoms. The number of halogens is 1. The number of amides is 2. The Kier molecular flexibility index (Phi) is 8.03.